The van der Waals surface area contributed by atoms with Crippen molar-refractivity contribution < 1.29 is 9.53 Å². The van der Waals surface area contributed by atoms with Crippen LogP contribution in [0.3, 0.4) is 0 Å². The van der Waals surface area contributed by atoms with E-state index in [4.69, 9.17) is 45.1 Å². The van der Waals surface area contributed by atoms with Crippen LogP contribution in [0.2, 0.25) is 10.0 Å². The normalized spacial score (nSPS) is 11.8. The number of amides is 1. The number of thiazole rings is 1. The maximum absolute atomic E-state index is 12.6. The van der Waals surface area contributed by atoms with E-state index in [2.05, 4.69) is 26.6 Å². The predicted octanol–water partition coefficient (Wildman–Crippen LogP) is 7.31. The fraction of sp³-hybridized carbons (Fsp3) is 0.0870. The van der Waals surface area contributed by atoms with E-state index in [9.17, 15) is 4.79 Å². The van der Waals surface area contributed by atoms with Crippen molar-refractivity contribution in [3.63, 3.8) is 0 Å². The maximum Gasteiger partial charge on any atom is 0.266 e. The van der Waals surface area contributed by atoms with E-state index in [0.29, 0.717) is 15.8 Å². The van der Waals surface area contributed by atoms with E-state index < -0.39 is 12.0 Å². The van der Waals surface area contributed by atoms with Crippen LogP contribution in [0.1, 0.15) is 6.92 Å². The van der Waals surface area contributed by atoms with Crippen molar-refractivity contribution >= 4 is 89.6 Å². The minimum Gasteiger partial charge on any atom is -0.479 e. The highest BCUT2D eigenvalue weighted by atomic mass is 79.9. The molecule has 1 unspecified atom stereocenters. The second-order valence-corrected chi connectivity index (χ2v) is 10.2. The predicted molar refractivity (Wildman–Crippen MR) is 144 cm³/mol. The van der Waals surface area contributed by atoms with Crippen LogP contribution >= 0.6 is 62.7 Å². The van der Waals surface area contributed by atoms with Crippen molar-refractivity contribution in [2.75, 3.05) is 5.32 Å². The van der Waals surface area contributed by atoms with Crippen LogP contribution in [0.5, 0.6) is 5.75 Å². The van der Waals surface area contributed by atoms with Crippen molar-refractivity contribution in [1.29, 1.82) is 0 Å². The minimum absolute atomic E-state index is 0.141. The van der Waals surface area contributed by atoms with Crippen molar-refractivity contribution in [3.05, 3.63) is 75.2 Å². The zero-order valence-electron chi connectivity index (χ0n) is 17.1. The van der Waals surface area contributed by atoms with Gasteiger partial charge < -0.3 is 10.1 Å². The zero-order valence-corrected chi connectivity index (χ0v) is 21.8. The van der Waals surface area contributed by atoms with Crippen LogP contribution in [0.4, 0.5) is 5.69 Å². The summed E-state index contributed by atoms with van der Waals surface area (Å²) in [6.07, 6.45) is -0.836. The van der Waals surface area contributed by atoms with Gasteiger partial charge >= 0.3 is 0 Å². The van der Waals surface area contributed by atoms with Crippen LogP contribution in [-0.4, -0.2) is 22.1 Å². The lowest BCUT2D eigenvalue weighted by Gasteiger charge is -2.17. The first-order valence-corrected chi connectivity index (χ1v) is 12.5. The van der Waals surface area contributed by atoms with Gasteiger partial charge in [0, 0.05) is 15.1 Å². The molecule has 1 amide bonds. The number of nitrogens with zero attached hydrogens (tertiary/aromatic N) is 1. The summed E-state index contributed by atoms with van der Waals surface area (Å²) in [4.78, 5) is 17.3. The lowest BCUT2D eigenvalue weighted by molar-refractivity contribution is -0.125. The highest BCUT2D eigenvalue weighted by molar-refractivity contribution is 9.10. The third-order valence-electron chi connectivity index (χ3n) is 4.56. The van der Waals surface area contributed by atoms with Gasteiger partial charge in [-0.3, -0.25) is 10.1 Å². The highest BCUT2D eigenvalue weighted by Crippen LogP contribution is 2.36. The number of para-hydroxylation sites is 1. The Morgan fingerprint density at radius 1 is 1.15 bits per heavy atom. The number of anilines is 1. The Kier molecular flexibility index (Phi) is 7.51. The van der Waals surface area contributed by atoms with Crippen molar-refractivity contribution in [1.82, 2.24) is 10.3 Å². The van der Waals surface area contributed by atoms with Gasteiger partial charge in [0.2, 0.25) is 0 Å². The van der Waals surface area contributed by atoms with Gasteiger partial charge in [0.05, 0.1) is 20.9 Å². The average molecular weight is 581 g/mol. The summed E-state index contributed by atoms with van der Waals surface area (Å²) in [5.41, 5.74) is 2.50. The number of halogens is 3. The van der Waals surface area contributed by atoms with Crippen LogP contribution < -0.4 is 15.4 Å². The molecule has 1 aromatic heterocycles. The van der Waals surface area contributed by atoms with Crippen molar-refractivity contribution in [2.45, 2.75) is 13.0 Å². The molecule has 0 fully saturated rings. The fourth-order valence-electron chi connectivity index (χ4n) is 2.97. The lowest BCUT2D eigenvalue weighted by atomic mass is 10.2. The van der Waals surface area contributed by atoms with Crippen molar-refractivity contribution in [3.8, 4) is 16.3 Å². The largest absolute Gasteiger partial charge is 0.479 e. The molecule has 4 aromatic rings. The Balaban J connectivity index is 1.47. The quantitative estimate of drug-likeness (QED) is 0.242. The Labute approximate surface area is 218 Å². The number of carbonyl (C=O) groups excluding carboxylic acids is 1. The summed E-state index contributed by atoms with van der Waals surface area (Å²) in [6, 6.07) is 18.4. The first-order valence-electron chi connectivity index (χ1n) is 9.69. The Morgan fingerprint density at radius 3 is 2.70 bits per heavy atom. The van der Waals surface area contributed by atoms with E-state index in [1.807, 2.05) is 42.5 Å². The summed E-state index contributed by atoms with van der Waals surface area (Å²) in [5.74, 6) is -0.0641. The number of nitrogens with one attached hydrogen (secondary N) is 2. The average Bonchev–Trinajstić information content (AvgIpc) is 3.21. The standard InChI is InChI=1S/C23H16BrCl2N3O2S2/c1-12(31-19-9-7-14(25)11-16(19)26)21(30)29-23(32)28-17-8-6-13(24)10-15(17)22-27-18-4-2-3-5-20(18)33-22/h2-12H,1H3,(H2,28,29,30,32). The lowest BCUT2D eigenvalue weighted by Crippen LogP contribution is -2.42. The first-order chi connectivity index (χ1) is 15.8. The van der Waals surface area contributed by atoms with Gasteiger partial charge in [-0.05, 0) is 67.7 Å². The number of aromatic nitrogens is 1. The SMILES string of the molecule is CC(Oc1ccc(Cl)cc1Cl)C(=O)NC(=S)Nc1ccc(Br)cc1-c1nc2ccccc2s1. The van der Waals surface area contributed by atoms with E-state index in [0.717, 1.165) is 30.9 Å². The molecule has 2 N–H and O–H groups in total. The Bertz CT molecular complexity index is 1330. The third kappa shape index (κ3) is 5.83. The number of rotatable bonds is 5. The van der Waals surface area contributed by atoms with E-state index in [1.54, 1.807) is 36.5 Å². The second-order valence-electron chi connectivity index (χ2n) is 6.95. The number of fused-ring (bicyclic) bond motifs is 1. The Hall–Kier alpha value is -2.23. The van der Waals surface area contributed by atoms with Gasteiger partial charge in [-0.1, -0.05) is 51.3 Å². The molecule has 0 radical (unpaired) electrons. The first kappa shape index (κ1) is 23.9. The number of hydrogen-bond acceptors (Lipinski definition) is 5. The van der Waals surface area contributed by atoms with Gasteiger partial charge in [0.1, 0.15) is 10.8 Å². The summed E-state index contributed by atoms with van der Waals surface area (Å²) in [6.45, 7) is 1.61. The molecular weight excluding hydrogens is 565 g/mol. The van der Waals surface area contributed by atoms with Crippen LogP contribution in [-0.2, 0) is 4.79 Å². The molecule has 1 atom stereocenters. The topological polar surface area (TPSA) is 63.2 Å². The second kappa shape index (κ2) is 10.4. The summed E-state index contributed by atoms with van der Waals surface area (Å²) in [7, 11) is 0. The van der Waals surface area contributed by atoms with Gasteiger partial charge in [-0.15, -0.1) is 11.3 Å². The summed E-state index contributed by atoms with van der Waals surface area (Å²) >= 11 is 22.5. The molecule has 0 aliphatic heterocycles. The molecule has 0 spiro atoms. The zero-order chi connectivity index (χ0) is 23.5. The van der Waals surface area contributed by atoms with Gasteiger partial charge in [0.25, 0.3) is 5.91 Å². The molecule has 5 nitrogen and oxygen atoms in total. The third-order valence-corrected chi connectivity index (χ3v) is 6.86. The molecule has 3 aromatic carbocycles. The highest BCUT2D eigenvalue weighted by Gasteiger charge is 2.19. The molecule has 10 heteroatoms. The number of benzene rings is 3. The van der Waals surface area contributed by atoms with E-state index in [-0.39, 0.29) is 5.11 Å². The molecule has 4 rings (SSSR count). The molecule has 1 heterocycles. The van der Waals surface area contributed by atoms with Gasteiger partial charge in [-0.25, -0.2) is 4.98 Å². The van der Waals surface area contributed by atoms with E-state index in [1.165, 1.54) is 0 Å². The minimum atomic E-state index is -0.836. The number of hydrogen-bond donors (Lipinski definition) is 2. The van der Waals surface area contributed by atoms with Crippen LogP contribution in [0.25, 0.3) is 20.8 Å². The number of thiocarbonyl (C=S) groups is 1. The Morgan fingerprint density at radius 2 is 1.94 bits per heavy atom. The monoisotopic (exact) mass is 579 g/mol. The van der Waals surface area contributed by atoms with Crippen LogP contribution in [0, 0.1) is 0 Å². The smallest absolute Gasteiger partial charge is 0.266 e. The van der Waals surface area contributed by atoms with Gasteiger partial charge in [0.15, 0.2) is 11.2 Å². The molecule has 168 valence electrons. The molecule has 0 aliphatic carbocycles. The molecule has 0 aliphatic rings. The fourth-order valence-corrected chi connectivity index (χ4v) is 4.99. The molecule has 33 heavy (non-hydrogen) atoms. The molecule has 0 saturated heterocycles. The summed E-state index contributed by atoms with van der Waals surface area (Å²) < 4.78 is 7.64. The molecular formula is C23H16BrCl2N3O2S2. The molecule has 0 bridgehead atoms. The van der Waals surface area contributed by atoms with E-state index >= 15 is 0 Å². The van der Waals surface area contributed by atoms with Crippen LogP contribution in [0.15, 0.2) is 65.1 Å². The van der Waals surface area contributed by atoms with Crippen molar-refractivity contribution in [2.24, 2.45) is 0 Å². The summed E-state index contributed by atoms with van der Waals surface area (Å²) in [5, 5.41) is 7.53. The molecule has 0 saturated carbocycles. The van der Waals surface area contributed by atoms with Gasteiger partial charge in [-0.2, -0.15) is 0 Å². The maximum atomic E-state index is 12.6. The number of ether oxygens (including phenoxy) is 1. The number of carbonyl (C=O) groups is 1.